The standard InChI is InChI=1S/C16H16ClFN2O/c1-11(12-6-8-13(18)9-7-12)19-10-16(21)20-15-5-3-2-4-14(15)17/h2-9,11,19H,10H2,1H3,(H,20,21)/t11-/m1/s1. The van der Waals surface area contributed by atoms with Crippen molar-refractivity contribution in [2.45, 2.75) is 13.0 Å². The number of carbonyl (C=O) groups excluding carboxylic acids is 1. The second-order valence-electron chi connectivity index (χ2n) is 4.68. The third-order valence-electron chi connectivity index (χ3n) is 3.09. The summed E-state index contributed by atoms with van der Waals surface area (Å²) in [6, 6.07) is 13.2. The van der Waals surface area contributed by atoms with Gasteiger partial charge >= 0.3 is 0 Å². The van der Waals surface area contributed by atoms with E-state index in [0.717, 1.165) is 5.56 Å². The van der Waals surface area contributed by atoms with Crippen molar-refractivity contribution in [3.05, 3.63) is 64.9 Å². The highest BCUT2D eigenvalue weighted by Gasteiger charge is 2.09. The number of hydrogen-bond acceptors (Lipinski definition) is 2. The van der Waals surface area contributed by atoms with Gasteiger partial charge in [0, 0.05) is 6.04 Å². The van der Waals surface area contributed by atoms with E-state index in [0.29, 0.717) is 10.7 Å². The third kappa shape index (κ3) is 4.55. The van der Waals surface area contributed by atoms with Crippen LogP contribution in [0.3, 0.4) is 0 Å². The topological polar surface area (TPSA) is 41.1 Å². The van der Waals surface area contributed by atoms with Crippen LogP contribution in [0.15, 0.2) is 48.5 Å². The Balaban J connectivity index is 1.86. The van der Waals surface area contributed by atoms with Gasteiger partial charge in [-0.1, -0.05) is 35.9 Å². The molecule has 3 nitrogen and oxygen atoms in total. The van der Waals surface area contributed by atoms with Gasteiger partial charge in [0.15, 0.2) is 0 Å². The predicted molar refractivity (Wildman–Crippen MR) is 82.9 cm³/mol. The van der Waals surface area contributed by atoms with Crippen molar-refractivity contribution in [1.82, 2.24) is 5.32 Å². The zero-order valence-electron chi connectivity index (χ0n) is 11.6. The van der Waals surface area contributed by atoms with E-state index in [9.17, 15) is 9.18 Å². The van der Waals surface area contributed by atoms with Crippen LogP contribution in [0.25, 0.3) is 0 Å². The van der Waals surface area contributed by atoms with Crippen LogP contribution in [-0.4, -0.2) is 12.5 Å². The number of amides is 1. The molecule has 2 N–H and O–H groups in total. The number of benzene rings is 2. The molecule has 1 amide bonds. The fourth-order valence-electron chi connectivity index (χ4n) is 1.87. The average Bonchev–Trinajstić information content (AvgIpc) is 2.48. The summed E-state index contributed by atoms with van der Waals surface area (Å²) in [6.07, 6.45) is 0. The first-order chi connectivity index (χ1) is 10.1. The molecule has 0 aromatic heterocycles. The van der Waals surface area contributed by atoms with E-state index in [2.05, 4.69) is 10.6 Å². The molecule has 5 heteroatoms. The Kier molecular flexibility index (Phi) is 5.31. The Morgan fingerprint density at radius 2 is 1.86 bits per heavy atom. The van der Waals surface area contributed by atoms with Crippen LogP contribution < -0.4 is 10.6 Å². The van der Waals surface area contributed by atoms with Gasteiger partial charge in [-0.25, -0.2) is 4.39 Å². The van der Waals surface area contributed by atoms with E-state index in [1.54, 1.807) is 36.4 Å². The minimum Gasteiger partial charge on any atom is -0.324 e. The minimum atomic E-state index is -0.276. The van der Waals surface area contributed by atoms with Gasteiger partial charge < -0.3 is 10.6 Å². The highest BCUT2D eigenvalue weighted by molar-refractivity contribution is 6.33. The van der Waals surface area contributed by atoms with E-state index < -0.39 is 0 Å². The van der Waals surface area contributed by atoms with Gasteiger partial charge in [-0.15, -0.1) is 0 Å². The number of anilines is 1. The molecule has 0 saturated carbocycles. The van der Waals surface area contributed by atoms with Gasteiger partial charge in [-0.05, 0) is 36.8 Å². The number of halogens is 2. The van der Waals surface area contributed by atoms with Crippen molar-refractivity contribution >= 4 is 23.2 Å². The monoisotopic (exact) mass is 306 g/mol. The largest absolute Gasteiger partial charge is 0.324 e. The molecule has 0 spiro atoms. The Bertz CT molecular complexity index is 616. The maximum atomic E-state index is 12.8. The van der Waals surface area contributed by atoms with Gasteiger partial charge in [0.05, 0.1) is 17.3 Å². The lowest BCUT2D eigenvalue weighted by molar-refractivity contribution is -0.115. The Morgan fingerprint density at radius 1 is 1.19 bits per heavy atom. The van der Waals surface area contributed by atoms with E-state index in [1.807, 2.05) is 6.92 Å². The molecule has 21 heavy (non-hydrogen) atoms. The van der Waals surface area contributed by atoms with Crippen LogP contribution in [0.1, 0.15) is 18.5 Å². The Hall–Kier alpha value is -1.91. The van der Waals surface area contributed by atoms with E-state index in [4.69, 9.17) is 11.6 Å². The van der Waals surface area contributed by atoms with Gasteiger partial charge in [-0.2, -0.15) is 0 Å². The van der Waals surface area contributed by atoms with Crippen LogP contribution in [-0.2, 0) is 4.79 Å². The molecule has 0 fully saturated rings. The maximum absolute atomic E-state index is 12.8. The molecule has 110 valence electrons. The molecule has 2 rings (SSSR count). The highest BCUT2D eigenvalue weighted by Crippen LogP contribution is 2.20. The molecule has 1 atom stereocenters. The summed E-state index contributed by atoms with van der Waals surface area (Å²) < 4.78 is 12.8. The summed E-state index contributed by atoms with van der Waals surface area (Å²) in [5.74, 6) is -0.459. The van der Waals surface area contributed by atoms with E-state index in [-0.39, 0.29) is 24.3 Å². The van der Waals surface area contributed by atoms with E-state index in [1.165, 1.54) is 12.1 Å². The van der Waals surface area contributed by atoms with Gasteiger partial charge in [0.25, 0.3) is 0 Å². The summed E-state index contributed by atoms with van der Waals surface area (Å²) in [5.41, 5.74) is 1.50. The summed E-state index contributed by atoms with van der Waals surface area (Å²) in [6.45, 7) is 2.06. The molecule has 0 aliphatic rings. The fraction of sp³-hybridized carbons (Fsp3) is 0.188. The fourth-order valence-corrected chi connectivity index (χ4v) is 2.06. The van der Waals surface area contributed by atoms with Crippen LogP contribution in [0.5, 0.6) is 0 Å². The molecule has 0 aliphatic carbocycles. The molecule has 0 radical (unpaired) electrons. The molecular formula is C16H16ClFN2O. The highest BCUT2D eigenvalue weighted by atomic mass is 35.5. The molecule has 0 heterocycles. The summed E-state index contributed by atoms with van der Waals surface area (Å²) in [5, 5.41) is 6.31. The smallest absolute Gasteiger partial charge is 0.238 e. The number of rotatable bonds is 5. The van der Waals surface area contributed by atoms with Gasteiger partial charge in [-0.3, -0.25) is 4.79 Å². The van der Waals surface area contributed by atoms with Crippen LogP contribution in [0.4, 0.5) is 10.1 Å². The van der Waals surface area contributed by atoms with Crippen LogP contribution in [0, 0.1) is 5.82 Å². The Labute approximate surface area is 128 Å². The predicted octanol–water partition coefficient (Wildman–Crippen LogP) is 3.77. The molecule has 0 aliphatic heterocycles. The molecule has 2 aromatic rings. The summed E-state index contributed by atoms with van der Waals surface area (Å²) >= 11 is 5.97. The van der Waals surface area contributed by atoms with Crippen molar-refractivity contribution in [3.63, 3.8) is 0 Å². The number of nitrogens with one attached hydrogen (secondary N) is 2. The molecule has 0 bridgehead atoms. The lowest BCUT2D eigenvalue weighted by atomic mass is 10.1. The second-order valence-corrected chi connectivity index (χ2v) is 5.09. The van der Waals surface area contributed by atoms with Crippen molar-refractivity contribution in [1.29, 1.82) is 0 Å². The lowest BCUT2D eigenvalue weighted by Gasteiger charge is -2.14. The van der Waals surface area contributed by atoms with Gasteiger partial charge in [0.1, 0.15) is 5.82 Å². The van der Waals surface area contributed by atoms with Crippen LogP contribution >= 0.6 is 11.6 Å². The summed E-state index contributed by atoms with van der Waals surface area (Å²) in [7, 11) is 0. The first kappa shape index (κ1) is 15.5. The first-order valence-electron chi connectivity index (χ1n) is 6.59. The lowest BCUT2D eigenvalue weighted by Crippen LogP contribution is -2.30. The molecule has 0 saturated heterocycles. The molecule has 0 unspecified atom stereocenters. The summed E-state index contributed by atoms with van der Waals surface area (Å²) in [4.78, 5) is 11.9. The average molecular weight is 307 g/mol. The van der Waals surface area contributed by atoms with Gasteiger partial charge in [0.2, 0.25) is 5.91 Å². The SMILES string of the molecule is C[C@@H](NCC(=O)Nc1ccccc1Cl)c1ccc(F)cc1. The third-order valence-corrected chi connectivity index (χ3v) is 3.42. The first-order valence-corrected chi connectivity index (χ1v) is 6.97. The van der Waals surface area contributed by atoms with Crippen molar-refractivity contribution in [2.24, 2.45) is 0 Å². The number of hydrogen-bond donors (Lipinski definition) is 2. The minimum absolute atomic E-state index is 0.0532. The molecular weight excluding hydrogens is 291 g/mol. The Morgan fingerprint density at radius 3 is 2.52 bits per heavy atom. The molecule has 2 aromatic carbocycles. The maximum Gasteiger partial charge on any atom is 0.238 e. The van der Waals surface area contributed by atoms with Crippen molar-refractivity contribution in [2.75, 3.05) is 11.9 Å². The normalized spacial score (nSPS) is 12.0. The van der Waals surface area contributed by atoms with E-state index >= 15 is 0 Å². The van der Waals surface area contributed by atoms with Crippen molar-refractivity contribution < 1.29 is 9.18 Å². The number of carbonyl (C=O) groups is 1. The second kappa shape index (κ2) is 7.20. The zero-order chi connectivity index (χ0) is 15.2. The number of para-hydroxylation sites is 1. The quantitative estimate of drug-likeness (QED) is 0.883. The van der Waals surface area contributed by atoms with Crippen LogP contribution in [0.2, 0.25) is 5.02 Å². The zero-order valence-corrected chi connectivity index (χ0v) is 12.3. The van der Waals surface area contributed by atoms with Crippen molar-refractivity contribution in [3.8, 4) is 0 Å².